The average Bonchev–Trinajstić information content (AvgIpc) is 2.79. The second kappa shape index (κ2) is 9.28. The van der Waals surface area contributed by atoms with Crippen molar-refractivity contribution >= 4 is 11.7 Å². The van der Waals surface area contributed by atoms with Crippen LogP contribution >= 0.6 is 0 Å². The highest BCUT2D eigenvalue weighted by Gasteiger charge is 2.47. The summed E-state index contributed by atoms with van der Waals surface area (Å²) in [5.41, 5.74) is 5.07. The fourth-order valence-corrected chi connectivity index (χ4v) is 4.08. The van der Waals surface area contributed by atoms with E-state index in [1.807, 2.05) is 51.1 Å². The molecule has 1 aliphatic heterocycles. The summed E-state index contributed by atoms with van der Waals surface area (Å²) in [6.45, 7) is 8.59. The number of hydrogen-bond acceptors (Lipinski definition) is 5. The number of methoxy groups -OCH3 is 1. The Labute approximate surface area is 195 Å². The van der Waals surface area contributed by atoms with E-state index < -0.39 is 23.8 Å². The summed E-state index contributed by atoms with van der Waals surface area (Å²) in [6, 6.07) is 21.7. The molecule has 0 saturated heterocycles. The van der Waals surface area contributed by atoms with Crippen molar-refractivity contribution in [1.29, 1.82) is 0 Å². The van der Waals surface area contributed by atoms with Crippen molar-refractivity contribution in [3.8, 4) is 5.75 Å². The number of carbonyl (C=O) groups is 1. The number of ether oxygens (including phenoxy) is 3. The Morgan fingerprint density at radius 3 is 2.24 bits per heavy atom. The van der Waals surface area contributed by atoms with E-state index in [4.69, 9.17) is 14.2 Å². The fraction of sp³-hybridized carbons (Fsp3) is 0.321. The first-order valence-corrected chi connectivity index (χ1v) is 11.2. The van der Waals surface area contributed by atoms with Gasteiger partial charge in [-0.2, -0.15) is 0 Å². The Morgan fingerprint density at radius 2 is 1.61 bits per heavy atom. The predicted octanol–water partition coefficient (Wildman–Crippen LogP) is 6.00. The monoisotopic (exact) mass is 445 g/mol. The van der Waals surface area contributed by atoms with E-state index >= 15 is 0 Å². The van der Waals surface area contributed by atoms with Gasteiger partial charge in [-0.05, 0) is 63.6 Å². The second-order valence-corrected chi connectivity index (χ2v) is 9.15. The molecule has 2 unspecified atom stereocenters. The minimum absolute atomic E-state index is 0.393. The molecular formula is C28H31NO4. The highest BCUT2D eigenvalue weighted by molar-refractivity contribution is 5.89. The SMILES string of the molecule is COC1c2cc(NCc3ccc(C)cc3)ccc2OC(C)(C)C1OC(=O)c1ccc(C)cc1. The molecule has 1 heterocycles. The lowest BCUT2D eigenvalue weighted by Crippen LogP contribution is -2.51. The van der Waals surface area contributed by atoms with E-state index in [1.54, 1.807) is 19.2 Å². The third-order valence-electron chi connectivity index (χ3n) is 6.04. The smallest absolute Gasteiger partial charge is 0.338 e. The Balaban J connectivity index is 1.56. The first-order valence-electron chi connectivity index (χ1n) is 11.2. The quantitative estimate of drug-likeness (QED) is 0.472. The first kappa shape index (κ1) is 22.9. The van der Waals surface area contributed by atoms with Gasteiger partial charge in [0.1, 0.15) is 17.5 Å². The van der Waals surface area contributed by atoms with Crippen molar-refractivity contribution in [2.75, 3.05) is 12.4 Å². The molecule has 3 aromatic carbocycles. The third-order valence-corrected chi connectivity index (χ3v) is 6.04. The normalized spacial score (nSPS) is 18.7. The molecule has 0 fully saturated rings. The van der Waals surface area contributed by atoms with Crippen molar-refractivity contribution < 1.29 is 19.0 Å². The van der Waals surface area contributed by atoms with Crippen LogP contribution in [0.4, 0.5) is 5.69 Å². The number of hydrogen-bond donors (Lipinski definition) is 1. The highest BCUT2D eigenvalue weighted by atomic mass is 16.6. The minimum Gasteiger partial charge on any atom is -0.483 e. The van der Waals surface area contributed by atoms with E-state index in [0.29, 0.717) is 12.1 Å². The molecule has 1 aliphatic rings. The number of rotatable bonds is 6. The maximum absolute atomic E-state index is 12.9. The molecule has 0 amide bonds. The van der Waals surface area contributed by atoms with E-state index in [1.165, 1.54) is 11.1 Å². The van der Waals surface area contributed by atoms with Crippen LogP contribution in [0.5, 0.6) is 5.75 Å². The van der Waals surface area contributed by atoms with Gasteiger partial charge >= 0.3 is 5.97 Å². The number of anilines is 1. The number of esters is 1. The standard InChI is InChI=1S/C28H31NO4/c1-18-6-10-20(11-7-18)17-29-22-14-15-24-23(16-22)25(31-5)26(28(3,4)33-24)32-27(30)21-12-8-19(2)9-13-21/h6-16,25-26,29H,17H2,1-5H3. The summed E-state index contributed by atoms with van der Waals surface area (Å²) in [4.78, 5) is 12.9. The fourth-order valence-electron chi connectivity index (χ4n) is 4.08. The van der Waals surface area contributed by atoms with Gasteiger partial charge in [-0.25, -0.2) is 4.79 Å². The maximum Gasteiger partial charge on any atom is 0.338 e. The van der Waals surface area contributed by atoms with E-state index in [-0.39, 0.29) is 0 Å². The van der Waals surface area contributed by atoms with E-state index in [9.17, 15) is 4.79 Å². The Hall–Kier alpha value is -3.31. The van der Waals surface area contributed by atoms with Gasteiger partial charge in [0, 0.05) is 24.9 Å². The first-order chi connectivity index (χ1) is 15.8. The number of carbonyl (C=O) groups excluding carboxylic acids is 1. The molecule has 5 nitrogen and oxygen atoms in total. The van der Waals surface area contributed by atoms with Gasteiger partial charge < -0.3 is 19.5 Å². The van der Waals surface area contributed by atoms with Crippen LogP contribution in [0.3, 0.4) is 0 Å². The third kappa shape index (κ3) is 5.04. The summed E-state index contributed by atoms with van der Waals surface area (Å²) in [6.07, 6.45) is -1.07. The summed E-state index contributed by atoms with van der Waals surface area (Å²) in [5, 5.41) is 3.46. The van der Waals surface area contributed by atoms with E-state index in [0.717, 1.165) is 22.6 Å². The number of benzene rings is 3. The largest absolute Gasteiger partial charge is 0.483 e. The molecule has 33 heavy (non-hydrogen) atoms. The van der Waals surface area contributed by atoms with Gasteiger partial charge in [-0.15, -0.1) is 0 Å². The average molecular weight is 446 g/mol. The Morgan fingerprint density at radius 1 is 0.970 bits per heavy atom. The Bertz CT molecular complexity index is 1120. The van der Waals surface area contributed by atoms with Crippen LogP contribution in [0.2, 0.25) is 0 Å². The van der Waals surface area contributed by atoms with E-state index in [2.05, 4.69) is 36.5 Å². The lowest BCUT2D eigenvalue weighted by Gasteiger charge is -2.43. The zero-order chi connectivity index (χ0) is 23.6. The molecule has 0 bridgehead atoms. The predicted molar refractivity (Wildman–Crippen MR) is 130 cm³/mol. The lowest BCUT2D eigenvalue weighted by molar-refractivity contribution is -0.129. The van der Waals surface area contributed by atoms with Crippen LogP contribution in [-0.2, 0) is 16.0 Å². The van der Waals surface area contributed by atoms with Crippen molar-refractivity contribution in [3.05, 3.63) is 94.5 Å². The summed E-state index contributed by atoms with van der Waals surface area (Å²) in [7, 11) is 1.63. The summed E-state index contributed by atoms with van der Waals surface area (Å²) < 4.78 is 18.1. The molecule has 3 aromatic rings. The lowest BCUT2D eigenvalue weighted by atomic mass is 9.87. The number of fused-ring (bicyclic) bond motifs is 1. The van der Waals surface area contributed by atoms with Crippen LogP contribution in [0.1, 0.15) is 52.6 Å². The molecule has 1 N–H and O–H groups in total. The van der Waals surface area contributed by atoms with Crippen molar-refractivity contribution in [3.63, 3.8) is 0 Å². The molecule has 0 aromatic heterocycles. The van der Waals surface area contributed by atoms with Gasteiger partial charge in [-0.1, -0.05) is 47.5 Å². The number of aryl methyl sites for hydroxylation is 2. The van der Waals surface area contributed by atoms with Gasteiger partial charge in [0.25, 0.3) is 0 Å². The molecule has 2 atom stereocenters. The zero-order valence-corrected chi connectivity index (χ0v) is 19.8. The second-order valence-electron chi connectivity index (χ2n) is 9.15. The molecule has 5 heteroatoms. The molecule has 0 aliphatic carbocycles. The molecule has 0 spiro atoms. The van der Waals surface area contributed by atoms with Crippen LogP contribution in [0.25, 0.3) is 0 Å². The number of nitrogens with one attached hydrogen (secondary N) is 1. The molecule has 172 valence electrons. The van der Waals surface area contributed by atoms with Crippen LogP contribution in [-0.4, -0.2) is 24.8 Å². The van der Waals surface area contributed by atoms with Gasteiger partial charge in [-0.3, -0.25) is 0 Å². The minimum atomic E-state index is -0.759. The van der Waals surface area contributed by atoms with Gasteiger partial charge in [0.15, 0.2) is 6.10 Å². The summed E-state index contributed by atoms with van der Waals surface area (Å²) in [5.74, 6) is 0.339. The van der Waals surface area contributed by atoms with Gasteiger partial charge in [0.2, 0.25) is 0 Å². The molecule has 4 rings (SSSR count). The maximum atomic E-state index is 12.9. The molecular weight excluding hydrogens is 414 g/mol. The van der Waals surface area contributed by atoms with Crippen molar-refractivity contribution in [2.24, 2.45) is 0 Å². The van der Waals surface area contributed by atoms with Crippen LogP contribution in [0, 0.1) is 13.8 Å². The van der Waals surface area contributed by atoms with Gasteiger partial charge in [0.05, 0.1) is 5.56 Å². The van der Waals surface area contributed by atoms with Crippen LogP contribution in [0.15, 0.2) is 66.7 Å². The zero-order valence-electron chi connectivity index (χ0n) is 19.8. The van der Waals surface area contributed by atoms with Crippen molar-refractivity contribution in [2.45, 2.75) is 52.0 Å². The molecule has 0 radical (unpaired) electrons. The van der Waals surface area contributed by atoms with Crippen molar-refractivity contribution in [1.82, 2.24) is 0 Å². The summed E-state index contributed by atoms with van der Waals surface area (Å²) >= 11 is 0. The topological polar surface area (TPSA) is 56.8 Å². The highest BCUT2D eigenvalue weighted by Crippen LogP contribution is 2.44. The Kier molecular flexibility index (Phi) is 6.43. The molecule has 0 saturated carbocycles. The van der Waals surface area contributed by atoms with Crippen LogP contribution < -0.4 is 10.1 Å².